The van der Waals surface area contributed by atoms with E-state index in [2.05, 4.69) is 25.3 Å². The monoisotopic (exact) mass is 374 g/mol. The first-order valence-corrected chi connectivity index (χ1v) is 9.10. The highest BCUT2D eigenvalue weighted by Gasteiger charge is 2.26. The molecular formula is C19H18N8O. The van der Waals surface area contributed by atoms with E-state index in [1.54, 1.807) is 15.4 Å². The summed E-state index contributed by atoms with van der Waals surface area (Å²) in [5, 5.41) is 12.6. The Labute approximate surface area is 160 Å². The van der Waals surface area contributed by atoms with Gasteiger partial charge in [-0.15, -0.1) is 10.2 Å². The number of imidazole rings is 1. The van der Waals surface area contributed by atoms with Gasteiger partial charge >= 0.3 is 0 Å². The van der Waals surface area contributed by atoms with E-state index >= 15 is 0 Å². The lowest BCUT2D eigenvalue weighted by Crippen LogP contribution is -2.49. The van der Waals surface area contributed by atoms with E-state index in [-0.39, 0.29) is 5.91 Å². The molecule has 1 fully saturated rings. The highest BCUT2D eigenvalue weighted by Crippen LogP contribution is 2.17. The number of benzene rings is 1. The van der Waals surface area contributed by atoms with Gasteiger partial charge in [-0.25, -0.2) is 14.2 Å². The number of piperazine rings is 1. The number of hydrogen-bond acceptors (Lipinski definition) is 6. The fourth-order valence-electron chi connectivity index (χ4n) is 3.42. The van der Waals surface area contributed by atoms with E-state index in [9.17, 15) is 4.79 Å². The van der Waals surface area contributed by atoms with E-state index in [1.807, 2.05) is 53.6 Å². The maximum absolute atomic E-state index is 13.0. The molecule has 0 aliphatic carbocycles. The van der Waals surface area contributed by atoms with Crippen LogP contribution in [0.5, 0.6) is 0 Å². The summed E-state index contributed by atoms with van der Waals surface area (Å²) in [6.45, 7) is 2.66. The summed E-state index contributed by atoms with van der Waals surface area (Å²) in [5.41, 5.74) is 2.11. The van der Waals surface area contributed by atoms with Crippen LogP contribution in [0.4, 0.5) is 5.82 Å². The molecule has 1 aliphatic heterocycles. The van der Waals surface area contributed by atoms with Crippen molar-refractivity contribution in [1.82, 2.24) is 34.5 Å². The molecule has 140 valence electrons. The van der Waals surface area contributed by atoms with Crippen molar-refractivity contribution >= 4 is 17.4 Å². The first kappa shape index (κ1) is 16.4. The van der Waals surface area contributed by atoms with Gasteiger partial charge in [0.25, 0.3) is 5.91 Å². The molecule has 1 aromatic carbocycles. The zero-order valence-corrected chi connectivity index (χ0v) is 15.1. The number of hydrogen-bond donors (Lipinski definition) is 0. The van der Waals surface area contributed by atoms with Crippen molar-refractivity contribution < 1.29 is 4.79 Å². The molecule has 1 aliphatic rings. The van der Waals surface area contributed by atoms with Gasteiger partial charge in [-0.3, -0.25) is 4.79 Å². The summed E-state index contributed by atoms with van der Waals surface area (Å²) >= 11 is 0. The molecule has 0 saturated carbocycles. The van der Waals surface area contributed by atoms with E-state index in [4.69, 9.17) is 0 Å². The number of aromatic nitrogens is 6. The van der Waals surface area contributed by atoms with Crippen molar-refractivity contribution in [3.63, 3.8) is 0 Å². The molecule has 1 saturated heterocycles. The predicted molar refractivity (Wildman–Crippen MR) is 102 cm³/mol. The molecule has 4 heterocycles. The molecule has 5 rings (SSSR count). The lowest BCUT2D eigenvalue weighted by Gasteiger charge is -2.35. The topological polar surface area (TPSA) is 84.5 Å². The number of carbonyl (C=O) groups excluding carboxylic acids is 1. The van der Waals surface area contributed by atoms with Crippen LogP contribution in [0.3, 0.4) is 0 Å². The van der Waals surface area contributed by atoms with Gasteiger partial charge in [0.05, 0.1) is 11.9 Å². The summed E-state index contributed by atoms with van der Waals surface area (Å²) in [4.78, 5) is 21.2. The molecule has 1 amide bonds. The van der Waals surface area contributed by atoms with E-state index in [0.29, 0.717) is 31.9 Å². The minimum absolute atomic E-state index is 0.0634. The second kappa shape index (κ2) is 6.76. The Morgan fingerprint density at radius 3 is 2.61 bits per heavy atom. The van der Waals surface area contributed by atoms with Gasteiger partial charge in [-0.1, -0.05) is 23.4 Å². The van der Waals surface area contributed by atoms with Gasteiger partial charge in [0.15, 0.2) is 11.3 Å². The number of para-hydroxylation sites is 1. The SMILES string of the molecule is O=C(c1cnnn1-c1ccccc1)N1CCN(c2ccc3nccn3n2)CC1. The fourth-order valence-corrected chi connectivity index (χ4v) is 3.42. The van der Waals surface area contributed by atoms with E-state index in [0.717, 1.165) is 17.2 Å². The van der Waals surface area contributed by atoms with Crippen LogP contribution in [-0.4, -0.2) is 66.6 Å². The standard InChI is InChI=1S/C19H18N8O/c28-19(16-14-21-23-27(16)15-4-2-1-3-5-15)25-12-10-24(11-13-25)18-7-6-17-20-8-9-26(17)22-18/h1-9,14H,10-13H2. The third kappa shape index (κ3) is 2.86. The summed E-state index contributed by atoms with van der Waals surface area (Å²) in [6.07, 6.45) is 5.08. The van der Waals surface area contributed by atoms with Gasteiger partial charge in [0, 0.05) is 38.6 Å². The van der Waals surface area contributed by atoms with Crippen LogP contribution in [0.25, 0.3) is 11.3 Å². The molecule has 0 spiro atoms. The number of carbonyl (C=O) groups is 1. The second-order valence-corrected chi connectivity index (χ2v) is 6.57. The van der Waals surface area contributed by atoms with Crippen molar-refractivity contribution in [3.8, 4) is 5.69 Å². The molecule has 28 heavy (non-hydrogen) atoms. The molecule has 0 bridgehead atoms. The molecule has 3 aromatic heterocycles. The van der Waals surface area contributed by atoms with Crippen molar-refractivity contribution in [3.05, 3.63) is 66.7 Å². The summed E-state index contributed by atoms with van der Waals surface area (Å²) in [7, 11) is 0. The third-order valence-electron chi connectivity index (χ3n) is 4.90. The zero-order chi connectivity index (χ0) is 18.9. The summed E-state index contributed by atoms with van der Waals surface area (Å²) in [5.74, 6) is 0.820. The molecule has 0 unspecified atom stereocenters. The Morgan fingerprint density at radius 2 is 1.79 bits per heavy atom. The zero-order valence-electron chi connectivity index (χ0n) is 15.1. The maximum Gasteiger partial charge on any atom is 0.274 e. The highest BCUT2D eigenvalue weighted by atomic mass is 16.2. The minimum Gasteiger partial charge on any atom is -0.352 e. The Balaban J connectivity index is 1.31. The average molecular weight is 374 g/mol. The molecule has 0 atom stereocenters. The number of amides is 1. The summed E-state index contributed by atoms with van der Waals surface area (Å²) in [6, 6.07) is 13.5. The van der Waals surface area contributed by atoms with Gasteiger partial charge < -0.3 is 9.80 Å². The number of anilines is 1. The Kier molecular flexibility index (Phi) is 3.97. The van der Waals surface area contributed by atoms with Gasteiger partial charge in [0.1, 0.15) is 5.82 Å². The van der Waals surface area contributed by atoms with Crippen LogP contribution in [0, 0.1) is 0 Å². The first-order chi connectivity index (χ1) is 13.8. The lowest BCUT2D eigenvalue weighted by molar-refractivity contribution is 0.0737. The molecule has 4 aromatic rings. The highest BCUT2D eigenvalue weighted by molar-refractivity contribution is 5.93. The Morgan fingerprint density at radius 1 is 0.964 bits per heavy atom. The van der Waals surface area contributed by atoms with Crippen LogP contribution in [-0.2, 0) is 0 Å². The maximum atomic E-state index is 13.0. The second-order valence-electron chi connectivity index (χ2n) is 6.57. The fraction of sp³-hybridized carbons (Fsp3) is 0.211. The van der Waals surface area contributed by atoms with E-state index in [1.165, 1.54) is 6.20 Å². The van der Waals surface area contributed by atoms with Gasteiger partial charge in [-0.05, 0) is 24.3 Å². The van der Waals surface area contributed by atoms with Gasteiger partial charge in [-0.2, -0.15) is 0 Å². The number of nitrogens with zero attached hydrogens (tertiary/aromatic N) is 8. The Bertz CT molecular complexity index is 1110. The smallest absolute Gasteiger partial charge is 0.274 e. The molecule has 0 radical (unpaired) electrons. The quantitative estimate of drug-likeness (QED) is 0.537. The first-order valence-electron chi connectivity index (χ1n) is 9.10. The molecule has 9 nitrogen and oxygen atoms in total. The van der Waals surface area contributed by atoms with Crippen molar-refractivity contribution in [2.24, 2.45) is 0 Å². The predicted octanol–water partition coefficient (Wildman–Crippen LogP) is 1.27. The van der Waals surface area contributed by atoms with Crippen molar-refractivity contribution in [2.75, 3.05) is 31.1 Å². The minimum atomic E-state index is -0.0634. The van der Waals surface area contributed by atoms with E-state index < -0.39 is 0 Å². The molecule has 0 N–H and O–H groups in total. The third-order valence-corrected chi connectivity index (χ3v) is 4.90. The van der Waals surface area contributed by atoms with Crippen LogP contribution in [0.2, 0.25) is 0 Å². The van der Waals surface area contributed by atoms with Crippen LogP contribution >= 0.6 is 0 Å². The average Bonchev–Trinajstić information content (AvgIpc) is 3.43. The molecular weight excluding hydrogens is 356 g/mol. The van der Waals surface area contributed by atoms with Crippen molar-refractivity contribution in [1.29, 1.82) is 0 Å². The van der Waals surface area contributed by atoms with Crippen LogP contribution in [0.1, 0.15) is 10.5 Å². The summed E-state index contributed by atoms with van der Waals surface area (Å²) < 4.78 is 3.35. The Hall–Kier alpha value is -3.75. The van der Waals surface area contributed by atoms with Gasteiger partial charge in [0.2, 0.25) is 0 Å². The van der Waals surface area contributed by atoms with Crippen LogP contribution < -0.4 is 4.90 Å². The lowest BCUT2D eigenvalue weighted by atomic mass is 10.2. The van der Waals surface area contributed by atoms with Crippen LogP contribution in [0.15, 0.2) is 61.1 Å². The van der Waals surface area contributed by atoms with Crippen molar-refractivity contribution in [2.45, 2.75) is 0 Å². The number of fused-ring (bicyclic) bond motifs is 1. The largest absolute Gasteiger partial charge is 0.352 e. The molecule has 9 heteroatoms. The number of rotatable bonds is 3. The normalized spacial score (nSPS) is 14.6.